The summed E-state index contributed by atoms with van der Waals surface area (Å²) in [6, 6.07) is 17.4. The molecule has 0 spiro atoms. The third kappa shape index (κ3) is 4.23. The van der Waals surface area contributed by atoms with Gasteiger partial charge in [-0.3, -0.25) is 4.79 Å². The minimum Gasteiger partial charge on any atom is -0.495 e. The van der Waals surface area contributed by atoms with Gasteiger partial charge in [-0.05, 0) is 29.3 Å². The second-order valence-electron chi connectivity index (χ2n) is 5.75. The van der Waals surface area contributed by atoms with Gasteiger partial charge in [0.25, 0.3) is 5.91 Å². The Morgan fingerprint density at radius 1 is 0.889 bits per heavy atom. The minimum absolute atomic E-state index is 0.172. The van der Waals surface area contributed by atoms with Gasteiger partial charge in [0, 0.05) is 11.4 Å². The van der Waals surface area contributed by atoms with Crippen molar-refractivity contribution in [3.8, 4) is 27.7 Å². The molecule has 6 heteroatoms. The second kappa shape index (κ2) is 8.60. The molecule has 5 nitrogen and oxygen atoms in total. The summed E-state index contributed by atoms with van der Waals surface area (Å²) in [5.74, 6) is 1.68. The number of benzene rings is 2. The smallest absolute Gasteiger partial charge is 0.265 e. The molecule has 0 unspecified atom stereocenters. The van der Waals surface area contributed by atoms with E-state index in [1.807, 2.05) is 54.6 Å². The Morgan fingerprint density at radius 2 is 1.59 bits per heavy atom. The van der Waals surface area contributed by atoms with Crippen molar-refractivity contribution in [1.29, 1.82) is 0 Å². The molecule has 0 aliphatic carbocycles. The van der Waals surface area contributed by atoms with Gasteiger partial charge in [0.1, 0.15) is 10.6 Å². The number of amides is 1. The Bertz CT molecular complexity index is 921. The summed E-state index contributed by atoms with van der Waals surface area (Å²) in [7, 11) is 4.75. The van der Waals surface area contributed by atoms with Crippen LogP contribution in [0.15, 0.2) is 54.6 Å². The van der Waals surface area contributed by atoms with Crippen molar-refractivity contribution in [2.24, 2.45) is 0 Å². The molecule has 1 heterocycles. The molecule has 0 fully saturated rings. The normalized spacial score (nSPS) is 10.3. The highest BCUT2D eigenvalue weighted by molar-refractivity contribution is 7.17. The van der Waals surface area contributed by atoms with Crippen molar-refractivity contribution in [1.82, 2.24) is 5.32 Å². The highest BCUT2D eigenvalue weighted by Crippen LogP contribution is 2.36. The van der Waals surface area contributed by atoms with E-state index in [1.165, 1.54) is 11.3 Å². The van der Waals surface area contributed by atoms with Crippen LogP contribution >= 0.6 is 11.3 Å². The van der Waals surface area contributed by atoms with Crippen molar-refractivity contribution >= 4 is 17.2 Å². The SMILES string of the molecule is COc1ccc(CNC(=O)c2sc(-c3ccccc3)cc2OC)cc1OC. The Kier molecular flexibility index (Phi) is 5.98. The average molecular weight is 383 g/mol. The van der Waals surface area contributed by atoms with Crippen LogP contribution in [0.2, 0.25) is 0 Å². The Hall–Kier alpha value is -2.99. The number of hydrogen-bond donors (Lipinski definition) is 1. The Morgan fingerprint density at radius 3 is 2.26 bits per heavy atom. The van der Waals surface area contributed by atoms with Gasteiger partial charge in [0.2, 0.25) is 0 Å². The maximum Gasteiger partial charge on any atom is 0.265 e. The number of thiophene rings is 1. The molecule has 0 radical (unpaired) electrons. The first-order valence-corrected chi connectivity index (χ1v) is 9.20. The average Bonchev–Trinajstić information content (AvgIpc) is 3.17. The van der Waals surface area contributed by atoms with E-state index in [0.717, 1.165) is 16.0 Å². The lowest BCUT2D eigenvalue weighted by atomic mass is 10.2. The molecule has 0 aliphatic rings. The van der Waals surface area contributed by atoms with Crippen molar-refractivity contribution in [3.63, 3.8) is 0 Å². The number of carbonyl (C=O) groups is 1. The van der Waals surface area contributed by atoms with E-state index in [2.05, 4.69) is 5.32 Å². The van der Waals surface area contributed by atoms with E-state index < -0.39 is 0 Å². The van der Waals surface area contributed by atoms with Crippen LogP contribution in [0, 0.1) is 0 Å². The highest BCUT2D eigenvalue weighted by Gasteiger charge is 2.18. The zero-order valence-electron chi connectivity index (χ0n) is 15.4. The van der Waals surface area contributed by atoms with E-state index in [9.17, 15) is 4.79 Å². The van der Waals surface area contributed by atoms with Crippen LogP contribution in [0.4, 0.5) is 0 Å². The Labute approximate surface area is 162 Å². The van der Waals surface area contributed by atoms with E-state index in [0.29, 0.717) is 28.7 Å². The topological polar surface area (TPSA) is 56.8 Å². The number of hydrogen-bond acceptors (Lipinski definition) is 5. The highest BCUT2D eigenvalue weighted by atomic mass is 32.1. The van der Waals surface area contributed by atoms with Crippen LogP contribution in [0.3, 0.4) is 0 Å². The molecule has 0 saturated carbocycles. The molecule has 0 aliphatic heterocycles. The van der Waals surface area contributed by atoms with Gasteiger partial charge in [0.15, 0.2) is 11.5 Å². The summed E-state index contributed by atoms with van der Waals surface area (Å²) < 4.78 is 15.9. The van der Waals surface area contributed by atoms with Crippen molar-refractivity contribution in [2.45, 2.75) is 6.54 Å². The van der Waals surface area contributed by atoms with Crippen molar-refractivity contribution < 1.29 is 19.0 Å². The summed E-state index contributed by atoms with van der Waals surface area (Å²) in [5, 5.41) is 2.94. The monoisotopic (exact) mass is 383 g/mol. The van der Waals surface area contributed by atoms with Crippen molar-refractivity contribution in [2.75, 3.05) is 21.3 Å². The third-order valence-electron chi connectivity index (χ3n) is 4.08. The fourth-order valence-electron chi connectivity index (χ4n) is 2.68. The first-order chi connectivity index (χ1) is 13.2. The lowest BCUT2D eigenvalue weighted by Crippen LogP contribution is -2.22. The van der Waals surface area contributed by atoms with Gasteiger partial charge < -0.3 is 19.5 Å². The zero-order valence-corrected chi connectivity index (χ0v) is 16.3. The molecule has 3 rings (SSSR count). The quantitative estimate of drug-likeness (QED) is 0.658. The summed E-state index contributed by atoms with van der Waals surface area (Å²) in [5.41, 5.74) is 1.97. The van der Waals surface area contributed by atoms with Crippen LogP contribution in [0.1, 0.15) is 15.2 Å². The van der Waals surface area contributed by atoms with Gasteiger partial charge in [-0.15, -0.1) is 11.3 Å². The number of methoxy groups -OCH3 is 3. The molecule has 2 aromatic carbocycles. The second-order valence-corrected chi connectivity index (χ2v) is 6.80. The van der Waals surface area contributed by atoms with Gasteiger partial charge in [-0.2, -0.15) is 0 Å². The van der Waals surface area contributed by atoms with Crippen LogP contribution in [0.25, 0.3) is 10.4 Å². The summed E-state index contributed by atoms with van der Waals surface area (Å²) >= 11 is 1.41. The molecule has 0 bridgehead atoms. The van der Waals surface area contributed by atoms with Gasteiger partial charge in [0.05, 0.1) is 21.3 Å². The number of ether oxygens (including phenoxy) is 3. The summed E-state index contributed by atoms with van der Waals surface area (Å²) in [4.78, 5) is 14.2. The molecule has 1 aromatic heterocycles. The fourth-order valence-corrected chi connectivity index (χ4v) is 3.73. The van der Waals surface area contributed by atoms with E-state index in [1.54, 1.807) is 21.3 Å². The van der Waals surface area contributed by atoms with Crippen molar-refractivity contribution in [3.05, 3.63) is 65.0 Å². The summed E-state index contributed by atoms with van der Waals surface area (Å²) in [6.45, 7) is 0.376. The van der Waals surface area contributed by atoms with Gasteiger partial charge in [-0.1, -0.05) is 36.4 Å². The lowest BCUT2D eigenvalue weighted by Gasteiger charge is -2.10. The molecular weight excluding hydrogens is 362 g/mol. The van der Waals surface area contributed by atoms with Crippen LogP contribution in [0.5, 0.6) is 17.2 Å². The van der Waals surface area contributed by atoms with Crippen LogP contribution < -0.4 is 19.5 Å². The standard InChI is InChI=1S/C21H21NO4S/c1-24-16-10-9-14(11-17(16)25-2)13-22-21(23)20-18(26-3)12-19(27-20)15-7-5-4-6-8-15/h4-12H,13H2,1-3H3,(H,22,23). The fraction of sp³-hybridized carbons (Fsp3) is 0.190. The molecule has 140 valence electrons. The molecule has 1 N–H and O–H groups in total. The maximum absolute atomic E-state index is 12.7. The molecule has 0 atom stereocenters. The van der Waals surface area contributed by atoms with Crippen LogP contribution in [-0.2, 0) is 6.54 Å². The summed E-state index contributed by atoms with van der Waals surface area (Å²) in [6.07, 6.45) is 0. The van der Waals surface area contributed by atoms with Gasteiger partial charge >= 0.3 is 0 Å². The maximum atomic E-state index is 12.7. The van der Waals surface area contributed by atoms with E-state index in [-0.39, 0.29) is 5.91 Å². The van der Waals surface area contributed by atoms with E-state index in [4.69, 9.17) is 14.2 Å². The predicted octanol–water partition coefficient (Wildman–Crippen LogP) is 4.37. The molecule has 0 saturated heterocycles. The predicted molar refractivity (Wildman–Crippen MR) is 107 cm³/mol. The minimum atomic E-state index is -0.172. The van der Waals surface area contributed by atoms with E-state index >= 15 is 0 Å². The van der Waals surface area contributed by atoms with Crippen LogP contribution in [-0.4, -0.2) is 27.2 Å². The number of rotatable bonds is 7. The first kappa shape index (κ1) is 18.8. The zero-order chi connectivity index (χ0) is 19.2. The number of nitrogens with one attached hydrogen (secondary N) is 1. The molecular formula is C21H21NO4S. The third-order valence-corrected chi connectivity index (χ3v) is 5.25. The largest absolute Gasteiger partial charge is 0.495 e. The Balaban J connectivity index is 1.75. The lowest BCUT2D eigenvalue weighted by molar-refractivity contribution is 0.0952. The number of carbonyl (C=O) groups excluding carboxylic acids is 1. The molecule has 3 aromatic rings. The first-order valence-electron chi connectivity index (χ1n) is 8.38. The molecule has 27 heavy (non-hydrogen) atoms. The van der Waals surface area contributed by atoms with Gasteiger partial charge in [-0.25, -0.2) is 0 Å². The molecule has 1 amide bonds.